The second-order valence-electron chi connectivity index (χ2n) is 6.75. The molecular formula is C17H23F2N3O3S. The van der Waals surface area contributed by atoms with Crippen LogP contribution in [0, 0.1) is 11.6 Å². The molecule has 9 heteroatoms. The van der Waals surface area contributed by atoms with E-state index in [1.165, 1.54) is 6.42 Å². The predicted molar refractivity (Wildman–Crippen MR) is 92.1 cm³/mol. The molecule has 0 bridgehead atoms. The summed E-state index contributed by atoms with van der Waals surface area (Å²) < 4.78 is 53.1. The number of benzene rings is 1. The van der Waals surface area contributed by atoms with Crippen LogP contribution < -0.4 is 5.32 Å². The lowest BCUT2D eigenvalue weighted by Crippen LogP contribution is -2.54. The summed E-state index contributed by atoms with van der Waals surface area (Å²) in [5, 5.41) is 3.01. The first-order valence-electron chi connectivity index (χ1n) is 8.88. The van der Waals surface area contributed by atoms with Gasteiger partial charge < -0.3 is 10.2 Å². The molecule has 0 atom stereocenters. The summed E-state index contributed by atoms with van der Waals surface area (Å²) in [5.41, 5.74) is 0. The van der Waals surface area contributed by atoms with Crippen LogP contribution in [0.25, 0.3) is 0 Å². The number of hydrogen-bond donors (Lipinski definition) is 1. The largest absolute Gasteiger partial charge is 0.335 e. The molecule has 0 spiro atoms. The second-order valence-corrected chi connectivity index (χ2v) is 8.66. The van der Waals surface area contributed by atoms with E-state index in [2.05, 4.69) is 5.32 Å². The summed E-state index contributed by atoms with van der Waals surface area (Å²) >= 11 is 0. The monoisotopic (exact) mass is 387 g/mol. The highest BCUT2D eigenvalue weighted by molar-refractivity contribution is 7.89. The molecule has 0 radical (unpaired) electrons. The molecule has 1 aliphatic carbocycles. The van der Waals surface area contributed by atoms with E-state index in [9.17, 15) is 22.0 Å². The smallest absolute Gasteiger partial charge is 0.317 e. The number of rotatable bonds is 3. The molecular weight excluding hydrogens is 364 g/mol. The van der Waals surface area contributed by atoms with E-state index in [1.54, 1.807) is 4.90 Å². The molecule has 1 aliphatic heterocycles. The fraction of sp³-hybridized carbons (Fsp3) is 0.588. The van der Waals surface area contributed by atoms with Crippen LogP contribution in [0.5, 0.6) is 0 Å². The highest BCUT2D eigenvalue weighted by atomic mass is 32.2. The minimum atomic E-state index is -4.05. The lowest BCUT2D eigenvalue weighted by Gasteiger charge is -2.35. The Morgan fingerprint density at radius 3 is 2.31 bits per heavy atom. The minimum Gasteiger partial charge on any atom is -0.335 e. The van der Waals surface area contributed by atoms with Gasteiger partial charge in [0, 0.05) is 38.3 Å². The van der Waals surface area contributed by atoms with Crippen molar-refractivity contribution in [1.29, 1.82) is 0 Å². The SMILES string of the molecule is O=C(NC1CCCCC1)N1CCN(S(=O)(=O)c2ccc(F)cc2F)CC1. The number of sulfonamides is 1. The number of urea groups is 1. The van der Waals surface area contributed by atoms with Crippen molar-refractivity contribution in [2.75, 3.05) is 26.2 Å². The number of amides is 2. The molecule has 2 fully saturated rings. The average Bonchev–Trinajstić information content (AvgIpc) is 2.62. The standard InChI is InChI=1S/C17H23F2N3O3S/c18-13-6-7-16(15(19)12-13)26(24,25)22-10-8-21(9-11-22)17(23)20-14-4-2-1-3-5-14/h6-7,12,14H,1-5,8-11H2,(H,20,23). The van der Waals surface area contributed by atoms with E-state index in [0.29, 0.717) is 6.07 Å². The van der Waals surface area contributed by atoms with Crippen LogP contribution in [0.1, 0.15) is 32.1 Å². The first-order chi connectivity index (χ1) is 12.4. The van der Waals surface area contributed by atoms with Crippen LogP contribution in [0.2, 0.25) is 0 Å². The molecule has 1 heterocycles. The highest BCUT2D eigenvalue weighted by Gasteiger charge is 2.32. The van der Waals surface area contributed by atoms with Gasteiger partial charge in [-0.3, -0.25) is 0 Å². The van der Waals surface area contributed by atoms with E-state index in [-0.39, 0.29) is 38.3 Å². The molecule has 2 aliphatic rings. The molecule has 1 N–H and O–H groups in total. The van der Waals surface area contributed by atoms with Gasteiger partial charge in [0.05, 0.1) is 0 Å². The summed E-state index contributed by atoms with van der Waals surface area (Å²) in [6.45, 7) is 0.635. The van der Waals surface area contributed by atoms with Gasteiger partial charge in [-0.1, -0.05) is 19.3 Å². The van der Waals surface area contributed by atoms with Crippen molar-refractivity contribution in [2.24, 2.45) is 0 Å². The Hall–Kier alpha value is -1.74. The van der Waals surface area contributed by atoms with Crippen molar-refractivity contribution in [3.05, 3.63) is 29.8 Å². The van der Waals surface area contributed by atoms with E-state index in [1.807, 2.05) is 0 Å². The van der Waals surface area contributed by atoms with Crippen molar-refractivity contribution in [2.45, 2.75) is 43.0 Å². The zero-order valence-electron chi connectivity index (χ0n) is 14.5. The number of piperazine rings is 1. The van der Waals surface area contributed by atoms with Gasteiger partial charge in [-0.05, 0) is 25.0 Å². The fourth-order valence-electron chi connectivity index (χ4n) is 3.47. The van der Waals surface area contributed by atoms with Crippen molar-refractivity contribution in [3.63, 3.8) is 0 Å². The van der Waals surface area contributed by atoms with Gasteiger partial charge in [-0.2, -0.15) is 4.31 Å². The summed E-state index contributed by atoms with van der Waals surface area (Å²) in [5.74, 6) is -1.94. The van der Waals surface area contributed by atoms with Crippen LogP contribution in [0.3, 0.4) is 0 Å². The third-order valence-corrected chi connectivity index (χ3v) is 6.90. The molecule has 1 saturated heterocycles. The lowest BCUT2D eigenvalue weighted by atomic mass is 9.96. The molecule has 1 aromatic carbocycles. The third-order valence-electron chi connectivity index (χ3n) is 4.97. The maximum atomic E-state index is 13.8. The van der Waals surface area contributed by atoms with Gasteiger partial charge in [0.1, 0.15) is 16.5 Å². The molecule has 6 nitrogen and oxygen atoms in total. The van der Waals surface area contributed by atoms with Crippen LogP contribution in [-0.2, 0) is 10.0 Å². The fourth-order valence-corrected chi connectivity index (χ4v) is 4.94. The molecule has 26 heavy (non-hydrogen) atoms. The second kappa shape index (κ2) is 7.87. The Balaban J connectivity index is 1.59. The Kier molecular flexibility index (Phi) is 5.76. The Labute approximate surface area is 152 Å². The normalized spacial score (nSPS) is 20.2. The average molecular weight is 387 g/mol. The van der Waals surface area contributed by atoms with E-state index >= 15 is 0 Å². The topological polar surface area (TPSA) is 69.7 Å². The number of hydrogen-bond acceptors (Lipinski definition) is 3. The molecule has 2 amide bonds. The van der Waals surface area contributed by atoms with Crippen molar-refractivity contribution in [3.8, 4) is 0 Å². The number of nitrogens with zero attached hydrogens (tertiary/aromatic N) is 2. The van der Waals surface area contributed by atoms with Gasteiger partial charge in [-0.25, -0.2) is 22.0 Å². The van der Waals surface area contributed by atoms with E-state index < -0.39 is 26.6 Å². The summed E-state index contributed by atoms with van der Waals surface area (Å²) in [7, 11) is -4.05. The maximum Gasteiger partial charge on any atom is 0.317 e. The van der Waals surface area contributed by atoms with Gasteiger partial charge >= 0.3 is 6.03 Å². The Morgan fingerprint density at radius 1 is 1.04 bits per heavy atom. The molecule has 3 rings (SSSR count). The van der Waals surface area contributed by atoms with E-state index in [4.69, 9.17) is 0 Å². The number of carbonyl (C=O) groups excluding carboxylic acids is 1. The molecule has 0 aromatic heterocycles. The van der Waals surface area contributed by atoms with Gasteiger partial charge in [0.15, 0.2) is 0 Å². The van der Waals surface area contributed by atoms with Crippen LogP contribution >= 0.6 is 0 Å². The zero-order chi connectivity index (χ0) is 18.7. The van der Waals surface area contributed by atoms with Gasteiger partial charge in [0.25, 0.3) is 0 Å². The van der Waals surface area contributed by atoms with Gasteiger partial charge in [0.2, 0.25) is 10.0 Å². The summed E-state index contributed by atoms with van der Waals surface area (Å²) in [6.07, 6.45) is 5.37. The van der Waals surface area contributed by atoms with Crippen molar-refractivity contribution < 1.29 is 22.0 Å². The Bertz CT molecular complexity index is 759. The van der Waals surface area contributed by atoms with Gasteiger partial charge in [-0.15, -0.1) is 0 Å². The third kappa shape index (κ3) is 4.15. The highest BCUT2D eigenvalue weighted by Crippen LogP contribution is 2.22. The molecule has 144 valence electrons. The zero-order valence-corrected chi connectivity index (χ0v) is 15.3. The predicted octanol–water partition coefficient (Wildman–Crippen LogP) is 2.31. The molecule has 1 aromatic rings. The summed E-state index contributed by atoms with van der Waals surface area (Å²) in [6, 6.07) is 2.42. The first kappa shape index (κ1) is 19.0. The van der Waals surface area contributed by atoms with Crippen LogP contribution in [0.4, 0.5) is 13.6 Å². The maximum absolute atomic E-state index is 13.8. The van der Waals surface area contributed by atoms with Crippen LogP contribution in [-0.4, -0.2) is 55.9 Å². The Morgan fingerprint density at radius 2 is 1.69 bits per heavy atom. The number of halogens is 2. The van der Waals surface area contributed by atoms with Crippen molar-refractivity contribution >= 4 is 16.1 Å². The number of carbonyl (C=O) groups is 1. The lowest BCUT2D eigenvalue weighted by molar-refractivity contribution is 0.166. The van der Waals surface area contributed by atoms with Crippen LogP contribution in [0.15, 0.2) is 23.1 Å². The molecule has 1 saturated carbocycles. The quantitative estimate of drug-likeness (QED) is 0.865. The first-order valence-corrected chi connectivity index (χ1v) is 10.3. The van der Waals surface area contributed by atoms with E-state index in [0.717, 1.165) is 42.1 Å². The number of nitrogens with one attached hydrogen (secondary N) is 1. The molecule has 0 unspecified atom stereocenters. The van der Waals surface area contributed by atoms with Crippen molar-refractivity contribution in [1.82, 2.24) is 14.5 Å². The minimum absolute atomic E-state index is 0.0806. The summed E-state index contributed by atoms with van der Waals surface area (Å²) in [4.78, 5) is 13.4.